The maximum absolute atomic E-state index is 12.1. The summed E-state index contributed by atoms with van der Waals surface area (Å²) in [6.45, 7) is 2.19. The molecular weight excluding hydrogens is 328 g/mol. The maximum Gasteiger partial charge on any atom is 0.257 e. The molecule has 2 aliphatic rings. The number of para-hydroxylation sites is 1. The molecule has 0 bridgehead atoms. The van der Waals surface area contributed by atoms with Gasteiger partial charge in [0.05, 0.1) is 5.57 Å². The molecule has 2 amide bonds. The second kappa shape index (κ2) is 6.92. The number of hydrogen-bond donors (Lipinski definition) is 3. The van der Waals surface area contributed by atoms with Crippen molar-refractivity contribution >= 4 is 34.4 Å². The van der Waals surface area contributed by atoms with Crippen LogP contribution in [0, 0.1) is 0 Å². The molecule has 132 valence electrons. The zero-order valence-corrected chi connectivity index (χ0v) is 14.3. The van der Waals surface area contributed by atoms with Gasteiger partial charge in [-0.2, -0.15) is 0 Å². The predicted octanol–water partition coefficient (Wildman–Crippen LogP) is 2.42. The monoisotopic (exact) mass is 348 g/mol. The van der Waals surface area contributed by atoms with Crippen LogP contribution in [0.5, 0.6) is 0 Å². The van der Waals surface area contributed by atoms with Crippen LogP contribution in [0.2, 0.25) is 0 Å². The third-order valence-corrected chi connectivity index (χ3v) is 4.64. The topological polar surface area (TPSA) is 73.5 Å². The van der Waals surface area contributed by atoms with Crippen LogP contribution in [0.25, 0.3) is 5.57 Å². The number of nitrogens with zero attached hydrogens (tertiary/aromatic N) is 1. The highest BCUT2D eigenvalue weighted by Crippen LogP contribution is 2.31. The van der Waals surface area contributed by atoms with Crippen molar-refractivity contribution in [3.8, 4) is 0 Å². The van der Waals surface area contributed by atoms with E-state index in [0.717, 1.165) is 35.7 Å². The Hall–Kier alpha value is -3.28. The molecule has 0 saturated carbocycles. The van der Waals surface area contributed by atoms with E-state index in [0.29, 0.717) is 18.5 Å². The maximum atomic E-state index is 12.1. The predicted molar refractivity (Wildman–Crippen MR) is 103 cm³/mol. The lowest BCUT2D eigenvalue weighted by atomic mass is 10.1. The van der Waals surface area contributed by atoms with Crippen LogP contribution in [0.1, 0.15) is 12.0 Å². The number of fused-ring (bicyclic) bond motifs is 1. The van der Waals surface area contributed by atoms with Crippen molar-refractivity contribution in [1.82, 2.24) is 5.32 Å². The number of benzene rings is 2. The van der Waals surface area contributed by atoms with Crippen LogP contribution < -0.4 is 20.9 Å². The first-order valence-electron chi connectivity index (χ1n) is 8.70. The van der Waals surface area contributed by atoms with Gasteiger partial charge in [-0.1, -0.05) is 18.2 Å². The third-order valence-electron chi connectivity index (χ3n) is 4.64. The molecular formula is C20H20N4O2. The van der Waals surface area contributed by atoms with Crippen molar-refractivity contribution in [1.29, 1.82) is 0 Å². The largest absolute Gasteiger partial charge is 0.369 e. The Morgan fingerprint density at radius 3 is 2.65 bits per heavy atom. The zero-order valence-electron chi connectivity index (χ0n) is 14.3. The Bertz CT molecular complexity index is 874. The zero-order chi connectivity index (χ0) is 17.9. The second-order valence-electron chi connectivity index (χ2n) is 6.34. The second-order valence-corrected chi connectivity index (χ2v) is 6.34. The lowest BCUT2D eigenvalue weighted by molar-refractivity contribution is -0.120. The van der Waals surface area contributed by atoms with E-state index < -0.39 is 0 Å². The van der Waals surface area contributed by atoms with E-state index in [2.05, 4.69) is 20.9 Å². The van der Waals surface area contributed by atoms with E-state index in [1.165, 1.54) is 0 Å². The van der Waals surface area contributed by atoms with Gasteiger partial charge in [0.15, 0.2) is 0 Å². The first-order valence-corrected chi connectivity index (χ1v) is 8.70. The van der Waals surface area contributed by atoms with E-state index in [-0.39, 0.29) is 11.8 Å². The van der Waals surface area contributed by atoms with Gasteiger partial charge in [-0.05, 0) is 30.3 Å². The number of nitrogens with one attached hydrogen (secondary N) is 3. The van der Waals surface area contributed by atoms with Crippen LogP contribution in [0.3, 0.4) is 0 Å². The molecule has 0 aliphatic carbocycles. The summed E-state index contributed by atoms with van der Waals surface area (Å²) >= 11 is 0. The standard InChI is InChI=1S/C20H20N4O2/c25-19-9-11-24(12-10-21-19)15-7-5-14(6-8-15)22-13-17-16-3-1-2-4-18(16)23-20(17)26/h1-8,13,22H,9-12H2,(H,21,25)(H,23,26)/b17-13+. The van der Waals surface area contributed by atoms with Crippen molar-refractivity contribution in [2.75, 3.05) is 35.2 Å². The quantitative estimate of drug-likeness (QED) is 0.745. The van der Waals surface area contributed by atoms with E-state index >= 15 is 0 Å². The Morgan fingerprint density at radius 1 is 1.00 bits per heavy atom. The SMILES string of the molecule is O=C1CCN(c2ccc(N/C=C3/C(=O)Nc4ccccc43)cc2)CCN1. The van der Waals surface area contributed by atoms with Crippen LogP contribution in [0.4, 0.5) is 17.1 Å². The number of rotatable bonds is 3. The summed E-state index contributed by atoms with van der Waals surface area (Å²) in [5.74, 6) is 0.00425. The summed E-state index contributed by atoms with van der Waals surface area (Å²) in [7, 11) is 0. The average Bonchev–Trinajstić information content (AvgIpc) is 2.82. The molecule has 0 unspecified atom stereocenters. The van der Waals surface area contributed by atoms with Gasteiger partial charge in [-0.25, -0.2) is 0 Å². The fourth-order valence-corrected chi connectivity index (χ4v) is 3.23. The molecule has 2 aromatic rings. The molecule has 2 aliphatic heterocycles. The normalized spacial score (nSPS) is 18.2. The molecule has 0 radical (unpaired) electrons. The highest BCUT2D eigenvalue weighted by molar-refractivity contribution is 6.31. The first-order chi connectivity index (χ1) is 12.7. The van der Waals surface area contributed by atoms with Gasteiger partial charge in [0.1, 0.15) is 0 Å². The van der Waals surface area contributed by atoms with E-state index in [1.807, 2.05) is 48.5 Å². The molecule has 4 rings (SSSR count). The van der Waals surface area contributed by atoms with Gasteiger partial charge in [-0.15, -0.1) is 0 Å². The summed E-state index contributed by atoms with van der Waals surface area (Å²) in [5, 5.41) is 8.94. The molecule has 6 heteroatoms. The van der Waals surface area contributed by atoms with Crippen LogP contribution in [0.15, 0.2) is 54.7 Å². The summed E-state index contributed by atoms with van der Waals surface area (Å²) in [5.41, 5.74) is 4.36. The smallest absolute Gasteiger partial charge is 0.257 e. The molecule has 2 heterocycles. The van der Waals surface area contributed by atoms with Crippen molar-refractivity contribution in [3.63, 3.8) is 0 Å². The highest BCUT2D eigenvalue weighted by Gasteiger charge is 2.23. The molecule has 2 aromatic carbocycles. The van der Waals surface area contributed by atoms with Crippen molar-refractivity contribution in [3.05, 3.63) is 60.3 Å². The Kier molecular flexibility index (Phi) is 4.31. The molecule has 0 aromatic heterocycles. The third kappa shape index (κ3) is 3.26. The van der Waals surface area contributed by atoms with E-state index in [9.17, 15) is 9.59 Å². The van der Waals surface area contributed by atoms with Gasteiger partial charge in [0.25, 0.3) is 5.91 Å². The first kappa shape index (κ1) is 16.2. The number of carbonyl (C=O) groups is 2. The van der Waals surface area contributed by atoms with E-state index in [1.54, 1.807) is 6.20 Å². The number of carbonyl (C=O) groups excluding carboxylic acids is 2. The molecule has 1 fully saturated rings. The van der Waals surface area contributed by atoms with Gasteiger partial charge in [0.2, 0.25) is 5.91 Å². The van der Waals surface area contributed by atoms with Gasteiger partial charge in [-0.3, -0.25) is 9.59 Å². The molecule has 0 spiro atoms. The summed E-state index contributed by atoms with van der Waals surface area (Å²) < 4.78 is 0. The Balaban J connectivity index is 1.46. The molecule has 6 nitrogen and oxygen atoms in total. The van der Waals surface area contributed by atoms with Crippen LogP contribution in [-0.4, -0.2) is 31.4 Å². The summed E-state index contributed by atoms with van der Waals surface area (Å²) in [6, 6.07) is 15.7. The van der Waals surface area contributed by atoms with Crippen molar-refractivity contribution < 1.29 is 9.59 Å². The minimum absolute atomic E-state index is 0.0999. The minimum atomic E-state index is -0.0999. The van der Waals surface area contributed by atoms with Crippen molar-refractivity contribution in [2.24, 2.45) is 0 Å². The molecule has 1 saturated heterocycles. The number of hydrogen-bond acceptors (Lipinski definition) is 4. The fraction of sp³-hybridized carbons (Fsp3) is 0.200. The van der Waals surface area contributed by atoms with Crippen LogP contribution >= 0.6 is 0 Å². The number of amides is 2. The lowest BCUT2D eigenvalue weighted by Crippen LogP contribution is -2.28. The van der Waals surface area contributed by atoms with Crippen LogP contribution in [-0.2, 0) is 9.59 Å². The summed E-state index contributed by atoms with van der Waals surface area (Å²) in [6.07, 6.45) is 2.26. The Labute approximate surface area is 151 Å². The van der Waals surface area contributed by atoms with Gasteiger partial charge in [0, 0.05) is 54.9 Å². The molecule has 0 atom stereocenters. The van der Waals surface area contributed by atoms with E-state index in [4.69, 9.17) is 0 Å². The molecule has 26 heavy (non-hydrogen) atoms. The van der Waals surface area contributed by atoms with Gasteiger partial charge < -0.3 is 20.9 Å². The number of anilines is 3. The lowest BCUT2D eigenvalue weighted by Gasteiger charge is -2.22. The Morgan fingerprint density at radius 2 is 1.81 bits per heavy atom. The fourth-order valence-electron chi connectivity index (χ4n) is 3.23. The minimum Gasteiger partial charge on any atom is -0.369 e. The van der Waals surface area contributed by atoms with Crippen molar-refractivity contribution in [2.45, 2.75) is 6.42 Å². The molecule has 3 N–H and O–H groups in total. The average molecular weight is 348 g/mol. The summed E-state index contributed by atoms with van der Waals surface area (Å²) in [4.78, 5) is 25.8. The highest BCUT2D eigenvalue weighted by atomic mass is 16.2. The van der Waals surface area contributed by atoms with Gasteiger partial charge >= 0.3 is 0 Å².